The van der Waals surface area contributed by atoms with Gasteiger partial charge in [0.25, 0.3) is 0 Å². The molecule has 1 heterocycles. The van der Waals surface area contributed by atoms with Gasteiger partial charge in [-0.1, -0.05) is 0 Å². The van der Waals surface area contributed by atoms with Crippen molar-refractivity contribution < 1.29 is 9.53 Å². The van der Waals surface area contributed by atoms with Crippen molar-refractivity contribution in [3.05, 3.63) is 18.0 Å². The minimum absolute atomic E-state index is 0.164. The van der Waals surface area contributed by atoms with Crippen molar-refractivity contribution in [2.45, 2.75) is 51.7 Å². The van der Waals surface area contributed by atoms with Crippen LogP contribution in [0.3, 0.4) is 0 Å². The number of esters is 1. The number of nitrogens with zero attached hydrogens (tertiary/aromatic N) is 2. The number of aromatic nitrogens is 2. The summed E-state index contributed by atoms with van der Waals surface area (Å²) >= 11 is 0. The van der Waals surface area contributed by atoms with E-state index in [0.717, 1.165) is 18.4 Å². The topological polar surface area (TPSA) is 44.1 Å². The highest BCUT2D eigenvalue weighted by atomic mass is 16.6. The van der Waals surface area contributed by atoms with Gasteiger partial charge < -0.3 is 4.74 Å². The largest absolute Gasteiger partial charge is 0.458 e. The molecule has 1 aromatic rings. The van der Waals surface area contributed by atoms with Gasteiger partial charge in [0.1, 0.15) is 5.60 Å². The first-order chi connectivity index (χ1) is 7.33. The molecule has 1 aromatic heterocycles. The molecule has 0 saturated heterocycles. The summed E-state index contributed by atoms with van der Waals surface area (Å²) in [5.41, 5.74) is 0.103. The number of aryl methyl sites for hydroxylation is 1. The third-order valence-corrected chi connectivity index (χ3v) is 2.65. The Bertz CT molecular complexity index is 411. The molecule has 1 fully saturated rings. The molecule has 0 atom stereocenters. The number of hydrogen-bond donors (Lipinski definition) is 0. The maximum Gasteiger partial charge on any atom is 0.334 e. The van der Waals surface area contributed by atoms with E-state index in [4.69, 9.17) is 4.74 Å². The Labute approximate surface area is 95.6 Å². The van der Waals surface area contributed by atoms with Gasteiger partial charge in [-0.15, -0.1) is 0 Å². The van der Waals surface area contributed by atoms with Gasteiger partial charge in [-0.25, -0.2) is 4.79 Å². The summed E-state index contributed by atoms with van der Waals surface area (Å²) in [6.45, 7) is 7.62. The molecule has 4 nitrogen and oxygen atoms in total. The van der Waals surface area contributed by atoms with Crippen molar-refractivity contribution in [3.8, 4) is 0 Å². The van der Waals surface area contributed by atoms with E-state index >= 15 is 0 Å². The van der Waals surface area contributed by atoms with E-state index in [1.54, 1.807) is 10.9 Å². The molecule has 88 valence electrons. The van der Waals surface area contributed by atoms with Crippen molar-refractivity contribution in [1.29, 1.82) is 0 Å². The fourth-order valence-electron chi connectivity index (χ4n) is 1.67. The normalized spacial score (nSPS) is 18.2. The summed E-state index contributed by atoms with van der Waals surface area (Å²) in [6.07, 6.45) is 5.31. The second-order valence-electron chi connectivity index (χ2n) is 5.50. The lowest BCUT2D eigenvalue weighted by molar-refractivity contribution is -0.161. The molecule has 0 spiro atoms. The highest BCUT2D eigenvalue weighted by molar-refractivity contribution is 5.82. The zero-order valence-electron chi connectivity index (χ0n) is 10.3. The molecule has 0 amide bonds. The molecule has 0 unspecified atom stereocenters. The summed E-state index contributed by atoms with van der Waals surface area (Å²) in [6, 6.07) is 0. The lowest BCUT2D eigenvalue weighted by Crippen LogP contribution is -2.35. The van der Waals surface area contributed by atoms with Gasteiger partial charge in [0, 0.05) is 6.20 Å². The highest BCUT2D eigenvalue weighted by Crippen LogP contribution is 2.44. The fraction of sp³-hybridized carbons (Fsp3) is 0.667. The summed E-state index contributed by atoms with van der Waals surface area (Å²) in [5, 5.41) is 4.22. The van der Waals surface area contributed by atoms with Crippen molar-refractivity contribution in [3.63, 3.8) is 0 Å². The van der Waals surface area contributed by atoms with Crippen LogP contribution in [-0.4, -0.2) is 21.4 Å². The average Bonchev–Trinajstić information content (AvgIpc) is 2.82. The van der Waals surface area contributed by atoms with Crippen molar-refractivity contribution in [2.24, 2.45) is 0 Å². The summed E-state index contributed by atoms with van der Waals surface area (Å²) in [4.78, 5) is 12.1. The number of carbonyl (C=O) groups is 1. The van der Waals surface area contributed by atoms with E-state index < -0.39 is 11.1 Å². The number of carbonyl (C=O) groups excluding carboxylic acids is 1. The van der Waals surface area contributed by atoms with Gasteiger partial charge in [-0.3, -0.25) is 4.68 Å². The van der Waals surface area contributed by atoms with Gasteiger partial charge >= 0.3 is 5.97 Å². The van der Waals surface area contributed by atoms with Crippen LogP contribution in [0, 0.1) is 6.92 Å². The van der Waals surface area contributed by atoms with Crippen LogP contribution in [0.1, 0.15) is 39.2 Å². The zero-order valence-corrected chi connectivity index (χ0v) is 10.3. The third-order valence-electron chi connectivity index (χ3n) is 2.65. The monoisotopic (exact) mass is 222 g/mol. The van der Waals surface area contributed by atoms with Crippen LogP contribution >= 0.6 is 0 Å². The summed E-state index contributed by atoms with van der Waals surface area (Å²) in [7, 11) is 0. The van der Waals surface area contributed by atoms with E-state index in [1.807, 2.05) is 33.9 Å². The maximum atomic E-state index is 12.1. The van der Waals surface area contributed by atoms with Gasteiger partial charge in [-0.05, 0) is 46.1 Å². The minimum Gasteiger partial charge on any atom is -0.458 e. The first kappa shape index (κ1) is 11.2. The number of ether oxygens (including phenoxy) is 1. The standard InChI is InChI=1S/C12H18N2O2/c1-9-7-13-14(8-9)12(5-6-12)10(15)16-11(2,3)4/h7-8H,5-6H2,1-4H3. The Morgan fingerprint density at radius 3 is 2.50 bits per heavy atom. The molecule has 2 rings (SSSR count). The zero-order chi connectivity index (χ0) is 12.0. The Morgan fingerprint density at radius 2 is 2.12 bits per heavy atom. The predicted octanol–water partition coefficient (Wildman–Crippen LogP) is 2.02. The van der Waals surface area contributed by atoms with Crippen LogP contribution in [0.25, 0.3) is 0 Å². The van der Waals surface area contributed by atoms with Crippen molar-refractivity contribution >= 4 is 5.97 Å². The van der Waals surface area contributed by atoms with Gasteiger partial charge in [0.2, 0.25) is 0 Å². The van der Waals surface area contributed by atoms with Gasteiger partial charge in [-0.2, -0.15) is 5.10 Å². The Balaban J connectivity index is 2.17. The molecule has 1 saturated carbocycles. The van der Waals surface area contributed by atoms with E-state index in [0.29, 0.717) is 0 Å². The molecule has 1 aliphatic carbocycles. The second-order valence-corrected chi connectivity index (χ2v) is 5.50. The summed E-state index contributed by atoms with van der Waals surface area (Å²) < 4.78 is 7.18. The molecule has 0 aromatic carbocycles. The van der Waals surface area contributed by atoms with E-state index in [2.05, 4.69) is 5.10 Å². The molecule has 16 heavy (non-hydrogen) atoms. The number of hydrogen-bond acceptors (Lipinski definition) is 3. The Morgan fingerprint density at radius 1 is 1.50 bits per heavy atom. The van der Waals surface area contributed by atoms with E-state index in [1.165, 1.54) is 0 Å². The lowest BCUT2D eigenvalue weighted by atomic mass is 10.2. The molecule has 4 heteroatoms. The fourth-order valence-corrected chi connectivity index (χ4v) is 1.67. The molecule has 0 bridgehead atoms. The Hall–Kier alpha value is -1.32. The minimum atomic E-state index is -0.526. The molecule has 0 radical (unpaired) electrons. The van der Waals surface area contributed by atoms with Crippen LogP contribution in [0.15, 0.2) is 12.4 Å². The third kappa shape index (κ3) is 1.96. The quantitative estimate of drug-likeness (QED) is 0.719. The van der Waals surface area contributed by atoms with Crippen LogP contribution in [0.2, 0.25) is 0 Å². The first-order valence-electron chi connectivity index (χ1n) is 5.59. The van der Waals surface area contributed by atoms with Crippen LogP contribution in [-0.2, 0) is 15.1 Å². The van der Waals surface area contributed by atoms with Crippen LogP contribution in [0.4, 0.5) is 0 Å². The average molecular weight is 222 g/mol. The van der Waals surface area contributed by atoms with Crippen molar-refractivity contribution in [1.82, 2.24) is 9.78 Å². The molecule has 0 aliphatic heterocycles. The van der Waals surface area contributed by atoms with Crippen LogP contribution in [0.5, 0.6) is 0 Å². The molecule has 1 aliphatic rings. The van der Waals surface area contributed by atoms with Crippen LogP contribution < -0.4 is 0 Å². The SMILES string of the molecule is Cc1cnn(C2(C(=O)OC(C)(C)C)CC2)c1. The molecular formula is C12H18N2O2. The van der Waals surface area contributed by atoms with Crippen molar-refractivity contribution in [2.75, 3.05) is 0 Å². The predicted molar refractivity (Wildman–Crippen MR) is 60.0 cm³/mol. The van der Waals surface area contributed by atoms with E-state index in [-0.39, 0.29) is 5.97 Å². The smallest absolute Gasteiger partial charge is 0.334 e. The first-order valence-corrected chi connectivity index (χ1v) is 5.59. The lowest BCUT2D eigenvalue weighted by Gasteiger charge is -2.23. The number of rotatable bonds is 2. The Kier molecular flexibility index (Phi) is 2.33. The van der Waals surface area contributed by atoms with Gasteiger partial charge in [0.05, 0.1) is 6.20 Å². The maximum absolute atomic E-state index is 12.1. The summed E-state index contributed by atoms with van der Waals surface area (Å²) in [5.74, 6) is -0.164. The molecule has 0 N–H and O–H groups in total. The van der Waals surface area contributed by atoms with E-state index in [9.17, 15) is 4.79 Å². The highest BCUT2D eigenvalue weighted by Gasteiger charge is 2.55. The van der Waals surface area contributed by atoms with Gasteiger partial charge in [0.15, 0.2) is 5.54 Å². The second kappa shape index (κ2) is 3.34. The molecular weight excluding hydrogens is 204 g/mol.